The van der Waals surface area contributed by atoms with Crippen molar-refractivity contribution >= 4 is 0 Å². The molecular formula is C18H31N2O5+. The van der Waals surface area contributed by atoms with Crippen LogP contribution >= 0.6 is 0 Å². The van der Waals surface area contributed by atoms with E-state index >= 15 is 0 Å². The largest absolute Gasteiger partial charge is 0.342 e. The molecule has 0 aromatic rings. The van der Waals surface area contributed by atoms with Gasteiger partial charge in [0.05, 0.1) is 19.6 Å². The number of rotatable bonds is 2. The summed E-state index contributed by atoms with van der Waals surface area (Å²) in [4.78, 5) is 2.56. The highest BCUT2D eigenvalue weighted by Crippen LogP contribution is 2.44. The van der Waals surface area contributed by atoms with Crippen molar-refractivity contribution in [2.24, 2.45) is 0 Å². The third-order valence-electron chi connectivity index (χ3n) is 6.49. The molecule has 0 radical (unpaired) electrons. The third kappa shape index (κ3) is 2.84. The minimum atomic E-state index is -0.645. The molecule has 7 heteroatoms. The summed E-state index contributed by atoms with van der Waals surface area (Å²) < 4.78 is 32.2. The van der Waals surface area contributed by atoms with Gasteiger partial charge in [0.2, 0.25) is 0 Å². The Bertz CT molecular complexity index is 532. The zero-order valence-corrected chi connectivity index (χ0v) is 15.8. The van der Waals surface area contributed by atoms with Crippen molar-refractivity contribution in [3.8, 4) is 0 Å². The fourth-order valence-corrected chi connectivity index (χ4v) is 5.23. The highest BCUT2D eigenvalue weighted by molar-refractivity contribution is 5.00. The highest BCUT2D eigenvalue weighted by atomic mass is 16.9. The van der Waals surface area contributed by atoms with E-state index in [4.69, 9.17) is 23.7 Å². The van der Waals surface area contributed by atoms with Crippen molar-refractivity contribution in [3.05, 3.63) is 0 Å². The quantitative estimate of drug-likeness (QED) is 0.674. The summed E-state index contributed by atoms with van der Waals surface area (Å²) in [6, 6.07) is 0. The number of hydrogen-bond acceptors (Lipinski definition) is 6. The van der Waals surface area contributed by atoms with Crippen molar-refractivity contribution in [2.45, 2.75) is 70.0 Å². The Hall–Kier alpha value is -0.280. The maximum absolute atomic E-state index is 6.42. The molecule has 6 heterocycles. The molecule has 0 aromatic heterocycles. The molecule has 0 saturated carbocycles. The standard InChI is InChI=1S/C18H31N2O5/c1-17(2)22-13-12(11-20-8-5-19(6-9-20)7-10-20)21-16-15(14(13)23-17)24-18(3,4)25-16/h12-16H,5-11H2,1-4H3/q+1/t12-,13+,14+,15-,16-/m0/s1. The molecule has 6 aliphatic rings. The van der Waals surface area contributed by atoms with Gasteiger partial charge in [-0.1, -0.05) is 0 Å². The van der Waals surface area contributed by atoms with Crippen LogP contribution in [0.4, 0.5) is 0 Å². The monoisotopic (exact) mass is 355 g/mol. The maximum atomic E-state index is 6.42. The molecule has 0 aromatic carbocycles. The number of piperazine rings is 3. The van der Waals surface area contributed by atoms with Crippen molar-refractivity contribution < 1.29 is 28.2 Å². The second-order valence-corrected chi connectivity index (χ2v) is 9.24. The second kappa shape index (κ2) is 5.38. The van der Waals surface area contributed by atoms with E-state index in [1.54, 1.807) is 0 Å². The summed E-state index contributed by atoms with van der Waals surface area (Å²) >= 11 is 0. The van der Waals surface area contributed by atoms with Gasteiger partial charge < -0.3 is 28.2 Å². The van der Waals surface area contributed by atoms with Crippen molar-refractivity contribution in [3.63, 3.8) is 0 Å². The number of nitrogens with zero attached hydrogens (tertiary/aromatic N) is 2. The topological polar surface area (TPSA) is 49.4 Å². The van der Waals surface area contributed by atoms with Crippen LogP contribution in [0, 0.1) is 0 Å². The lowest BCUT2D eigenvalue weighted by Gasteiger charge is -2.52. The Morgan fingerprint density at radius 2 is 1.36 bits per heavy atom. The molecule has 6 saturated heterocycles. The lowest BCUT2D eigenvalue weighted by Crippen LogP contribution is -2.71. The molecule has 142 valence electrons. The predicted octanol–water partition coefficient (Wildman–Crippen LogP) is 0.529. The van der Waals surface area contributed by atoms with Crippen LogP contribution in [0.25, 0.3) is 0 Å². The minimum absolute atomic E-state index is 0.0184. The molecule has 2 bridgehead atoms. The summed E-state index contributed by atoms with van der Waals surface area (Å²) in [5, 5.41) is 0. The van der Waals surface area contributed by atoms with Gasteiger partial charge in [-0.2, -0.15) is 0 Å². The van der Waals surface area contributed by atoms with Gasteiger partial charge in [-0.3, -0.25) is 4.90 Å². The molecule has 0 N–H and O–H groups in total. The molecule has 5 atom stereocenters. The average molecular weight is 355 g/mol. The van der Waals surface area contributed by atoms with Crippen LogP contribution in [-0.2, 0) is 23.7 Å². The number of hydrogen-bond donors (Lipinski definition) is 0. The van der Waals surface area contributed by atoms with Gasteiger partial charge in [-0.05, 0) is 27.7 Å². The summed E-state index contributed by atoms with van der Waals surface area (Å²) in [5.74, 6) is -1.25. The van der Waals surface area contributed by atoms with E-state index in [9.17, 15) is 0 Å². The molecule has 0 spiro atoms. The van der Waals surface area contributed by atoms with Crippen LogP contribution in [0.5, 0.6) is 0 Å². The van der Waals surface area contributed by atoms with Crippen LogP contribution in [-0.4, -0.2) is 97.5 Å². The highest BCUT2D eigenvalue weighted by Gasteiger charge is 2.62. The van der Waals surface area contributed by atoms with E-state index in [-0.39, 0.29) is 30.7 Å². The third-order valence-corrected chi connectivity index (χ3v) is 6.49. The summed E-state index contributed by atoms with van der Waals surface area (Å²) in [5.41, 5.74) is 0. The first-order valence-corrected chi connectivity index (χ1v) is 9.69. The molecule has 6 aliphatic heterocycles. The number of ether oxygens (including phenoxy) is 5. The first-order chi connectivity index (χ1) is 11.7. The van der Waals surface area contributed by atoms with Crippen LogP contribution in [0.3, 0.4) is 0 Å². The van der Waals surface area contributed by atoms with Gasteiger partial charge in [0.25, 0.3) is 0 Å². The van der Waals surface area contributed by atoms with E-state index in [1.807, 2.05) is 27.7 Å². The lowest BCUT2D eigenvalue weighted by molar-refractivity contribution is -0.944. The normalized spacial score (nSPS) is 52.8. The molecule has 25 heavy (non-hydrogen) atoms. The van der Waals surface area contributed by atoms with Crippen LogP contribution in [0.2, 0.25) is 0 Å². The molecule has 6 rings (SSSR count). The fourth-order valence-electron chi connectivity index (χ4n) is 5.23. The zero-order chi connectivity index (χ0) is 17.4. The zero-order valence-electron chi connectivity index (χ0n) is 15.8. The van der Waals surface area contributed by atoms with Gasteiger partial charge in [0.15, 0.2) is 17.9 Å². The van der Waals surface area contributed by atoms with Crippen LogP contribution in [0.1, 0.15) is 27.7 Å². The Labute approximate surface area is 149 Å². The fraction of sp³-hybridized carbons (Fsp3) is 1.00. The van der Waals surface area contributed by atoms with Gasteiger partial charge in [0.1, 0.15) is 31.0 Å². The Balaban J connectivity index is 1.40. The molecular weight excluding hydrogens is 324 g/mol. The average Bonchev–Trinajstić information content (AvgIpc) is 3.03. The van der Waals surface area contributed by atoms with Gasteiger partial charge in [-0.15, -0.1) is 0 Å². The van der Waals surface area contributed by atoms with Crippen LogP contribution in [0.15, 0.2) is 0 Å². The van der Waals surface area contributed by atoms with Crippen molar-refractivity contribution in [2.75, 3.05) is 45.8 Å². The molecule has 6 fully saturated rings. The summed E-state index contributed by atoms with van der Waals surface area (Å²) in [6.45, 7) is 16.0. The first kappa shape index (κ1) is 16.9. The predicted molar refractivity (Wildman–Crippen MR) is 88.7 cm³/mol. The van der Waals surface area contributed by atoms with E-state index < -0.39 is 11.6 Å². The lowest BCUT2D eigenvalue weighted by atomic mass is 9.97. The molecule has 0 amide bonds. The minimum Gasteiger partial charge on any atom is -0.342 e. The summed E-state index contributed by atoms with van der Waals surface area (Å²) in [6.07, 6.45) is -0.847. The smallest absolute Gasteiger partial charge is 0.190 e. The van der Waals surface area contributed by atoms with Crippen LogP contribution < -0.4 is 0 Å². The maximum Gasteiger partial charge on any atom is 0.190 e. The van der Waals surface area contributed by atoms with E-state index in [2.05, 4.69) is 4.90 Å². The molecule has 7 nitrogen and oxygen atoms in total. The SMILES string of the molecule is CC1(C)O[C@@H]2O[C@@H](C[N+]34CCN(CC3)CC4)[C@H]3OC(C)(C)O[C@H]3[C@@H]2O1. The van der Waals surface area contributed by atoms with Crippen molar-refractivity contribution in [1.82, 2.24) is 4.90 Å². The van der Waals surface area contributed by atoms with Gasteiger partial charge in [-0.25, -0.2) is 0 Å². The van der Waals surface area contributed by atoms with E-state index in [0.717, 1.165) is 11.0 Å². The summed E-state index contributed by atoms with van der Waals surface area (Å²) in [7, 11) is 0. The van der Waals surface area contributed by atoms with Gasteiger partial charge in [0, 0.05) is 19.6 Å². The number of quaternary nitrogens is 1. The van der Waals surface area contributed by atoms with E-state index in [0.29, 0.717) is 0 Å². The second-order valence-electron chi connectivity index (χ2n) is 9.24. The van der Waals surface area contributed by atoms with Crippen molar-refractivity contribution in [1.29, 1.82) is 0 Å². The van der Waals surface area contributed by atoms with Gasteiger partial charge >= 0.3 is 0 Å². The first-order valence-electron chi connectivity index (χ1n) is 9.69. The molecule has 0 aliphatic carbocycles. The number of fused-ring (bicyclic) bond motifs is 6. The Morgan fingerprint density at radius 3 is 2.04 bits per heavy atom. The Kier molecular flexibility index (Phi) is 3.63. The molecule has 0 unspecified atom stereocenters. The Morgan fingerprint density at radius 1 is 0.800 bits per heavy atom. The van der Waals surface area contributed by atoms with E-state index in [1.165, 1.54) is 39.3 Å².